The van der Waals surface area contributed by atoms with E-state index in [0.717, 1.165) is 5.01 Å². The van der Waals surface area contributed by atoms with Crippen molar-refractivity contribution in [3.63, 3.8) is 0 Å². The fraction of sp³-hybridized carbons (Fsp3) is 0.182. The van der Waals surface area contributed by atoms with Crippen LogP contribution in [-0.2, 0) is 6.54 Å². The third kappa shape index (κ3) is 3.09. The zero-order valence-corrected chi connectivity index (χ0v) is 11.9. The third-order valence-corrected chi connectivity index (χ3v) is 3.50. The number of carbonyl (C=O) groups is 1. The molecule has 0 fully saturated rings. The number of pyridine rings is 1. The number of nitro groups is 1. The first kappa shape index (κ1) is 14.4. The van der Waals surface area contributed by atoms with Crippen LogP contribution < -0.4 is 5.32 Å². The number of aromatic nitrogens is 2. The summed E-state index contributed by atoms with van der Waals surface area (Å²) < 4.78 is 0. The Balaban J connectivity index is 2.17. The second-order valence-corrected chi connectivity index (χ2v) is 5.22. The summed E-state index contributed by atoms with van der Waals surface area (Å²) >= 11 is 7.11. The summed E-state index contributed by atoms with van der Waals surface area (Å²) in [6, 6.07) is 1.26. The van der Waals surface area contributed by atoms with Gasteiger partial charge in [-0.1, -0.05) is 11.6 Å². The molecule has 0 bridgehead atoms. The van der Waals surface area contributed by atoms with Gasteiger partial charge in [-0.2, -0.15) is 0 Å². The number of nitrogens with zero attached hydrogens (tertiary/aromatic N) is 3. The molecule has 20 heavy (non-hydrogen) atoms. The molecule has 0 atom stereocenters. The third-order valence-electron chi connectivity index (χ3n) is 2.40. The molecule has 0 aliphatic carbocycles. The van der Waals surface area contributed by atoms with E-state index >= 15 is 0 Å². The van der Waals surface area contributed by atoms with Crippen molar-refractivity contribution in [3.8, 4) is 0 Å². The first-order valence-corrected chi connectivity index (χ1v) is 6.73. The second kappa shape index (κ2) is 5.93. The molecule has 0 saturated carbocycles. The van der Waals surface area contributed by atoms with Gasteiger partial charge >= 0.3 is 5.69 Å². The van der Waals surface area contributed by atoms with Gasteiger partial charge in [0.15, 0.2) is 0 Å². The van der Waals surface area contributed by atoms with Crippen molar-refractivity contribution in [2.24, 2.45) is 0 Å². The van der Waals surface area contributed by atoms with Crippen molar-refractivity contribution >= 4 is 34.5 Å². The average Bonchev–Trinajstić information content (AvgIpc) is 2.81. The molecule has 104 valence electrons. The Morgan fingerprint density at radius 3 is 2.95 bits per heavy atom. The maximum absolute atomic E-state index is 12.0. The maximum atomic E-state index is 12.0. The van der Waals surface area contributed by atoms with Gasteiger partial charge in [-0.15, -0.1) is 11.3 Å². The zero-order chi connectivity index (χ0) is 14.7. The van der Waals surface area contributed by atoms with Gasteiger partial charge in [0, 0.05) is 11.6 Å². The molecule has 0 unspecified atom stereocenters. The maximum Gasteiger partial charge on any atom is 0.319 e. The van der Waals surface area contributed by atoms with Gasteiger partial charge in [0.25, 0.3) is 5.91 Å². The Kier molecular flexibility index (Phi) is 4.26. The van der Waals surface area contributed by atoms with Gasteiger partial charge in [0.05, 0.1) is 22.2 Å². The van der Waals surface area contributed by atoms with E-state index in [9.17, 15) is 14.9 Å². The number of amides is 1. The van der Waals surface area contributed by atoms with Crippen molar-refractivity contribution in [1.82, 2.24) is 15.3 Å². The molecule has 0 saturated heterocycles. The summed E-state index contributed by atoms with van der Waals surface area (Å²) in [6.07, 6.45) is 1.25. The fourth-order valence-electron chi connectivity index (χ4n) is 1.54. The van der Waals surface area contributed by atoms with Crippen LogP contribution in [0.5, 0.6) is 0 Å². The number of nitrogens with one attached hydrogen (secondary N) is 1. The van der Waals surface area contributed by atoms with Gasteiger partial charge in [0.1, 0.15) is 5.56 Å². The number of halogens is 1. The molecule has 2 rings (SSSR count). The molecule has 2 heterocycles. The van der Waals surface area contributed by atoms with E-state index in [4.69, 9.17) is 11.6 Å². The number of hydrogen-bond acceptors (Lipinski definition) is 6. The first-order valence-electron chi connectivity index (χ1n) is 5.47. The van der Waals surface area contributed by atoms with Gasteiger partial charge < -0.3 is 5.32 Å². The highest BCUT2D eigenvalue weighted by Gasteiger charge is 2.24. The summed E-state index contributed by atoms with van der Waals surface area (Å²) in [5, 5.41) is 15.9. The van der Waals surface area contributed by atoms with Crippen LogP contribution in [0.3, 0.4) is 0 Å². The van der Waals surface area contributed by atoms with Crippen LogP contribution in [0.25, 0.3) is 0 Å². The van der Waals surface area contributed by atoms with Crippen LogP contribution in [-0.4, -0.2) is 20.8 Å². The fourth-order valence-corrected chi connectivity index (χ4v) is 2.38. The van der Waals surface area contributed by atoms with Crippen molar-refractivity contribution in [3.05, 3.63) is 49.2 Å². The smallest absolute Gasteiger partial charge is 0.319 e. The standard InChI is InChI=1S/C11H9ClN4O3S/c1-6-15-7(5-20-6)4-14-11(17)8-2-3-13-10(12)9(8)16(18)19/h2-3,5H,4H2,1H3,(H,14,17). The highest BCUT2D eigenvalue weighted by atomic mass is 35.5. The van der Waals surface area contributed by atoms with Crippen LogP contribution in [0.4, 0.5) is 5.69 Å². The van der Waals surface area contributed by atoms with Gasteiger partial charge in [-0.3, -0.25) is 14.9 Å². The Morgan fingerprint density at radius 2 is 2.35 bits per heavy atom. The molecule has 0 spiro atoms. The molecule has 0 radical (unpaired) electrons. The minimum Gasteiger partial charge on any atom is -0.346 e. The summed E-state index contributed by atoms with van der Waals surface area (Å²) in [6.45, 7) is 2.05. The van der Waals surface area contributed by atoms with Crippen LogP contribution in [0.15, 0.2) is 17.6 Å². The highest BCUT2D eigenvalue weighted by Crippen LogP contribution is 2.25. The Labute approximate surface area is 122 Å². The molecule has 9 heteroatoms. The molecule has 0 aromatic carbocycles. The molecule has 2 aromatic rings. The van der Waals surface area contributed by atoms with E-state index in [0.29, 0.717) is 5.69 Å². The summed E-state index contributed by atoms with van der Waals surface area (Å²) in [7, 11) is 0. The van der Waals surface area contributed by atoms with E-state index in [-0.39, 0.29) is 17.3 Å². The predicted octanol–water partition coefficient (Wildman–Crippen LogP) is 2.34. The number of rotatable bonds is 4. The van der Waals surface area contributed by atoms with Gasteiger partial charge in [0.2, 0.25) is 5.15 Å². The van der Waals surface area contributed by atoms with Crippen LogP contribution in [0, 0.1) is 17.0 Å². The molecule has 2 aromatic heterocycles. The molecule has 1 N–H and O–H groups in total. The topological polar surface area (TPSA) is 98.0 Å². The van der Waals surface area contributed by atoms with Crippen LogP contribution in [0.1, 0.15) is 21.1 Å². The van der Waals surface area contributed by atoms with E-state index in [1.807, 2.05) is 12.3 Å². The molecule has 1 amide bonds. The van der Waals surface area contributed by atoms with E-state index in [1.165, 1.54) is 23.6 Å². The van der Waals surface area contributed by atoms with Gasteiger partial charge in [-0.25, -0.2) is 9.97 Å². The van der Waals surface area contributed by atoms with Crippen molar-refractivity contribution in [2.45, 2.75) is 13.5 Å². The minimum absolute atomic E-state index is 0.123. The highest BCUT2D eigenvalue weighted by molar-refractivity contribution is 7.09. The first-order chi connectivity index (χ1) is 9.49. The molecule has 0 aliphatic heterocycles. The largest absolute Gasteiger partial charge is 0.346 e. The number of aryl methyl sites for hydroxylation is 1. The number of hydrogen-bond donors (Lipinski definition) is 1. The quantitative estimate of drug-likeness (QED) is 0.531. The van der Waals surface area contributed by atoms with E-state index < -0.39 is 16.5 Å². The lowest BCUT2D eigenvalue weighted by molar-refractivity contribution is -0.385. The average molecular weight is 313 g/mol. The monoisotopic (exact) mass is 312 g/mol. The Morgan fingerprint density at radius 1 is 1.60 bits per heavy atom. The van der Waals surface area contributed by atoms with Crippen molar-refractivity contribution < 1.29 is 9.72 Å². The minimum atomic E-state index is -0.725. The summed E-state index contributed by atoms with van der Waals surface area (Å²) in [5.41, 5.74) is 0.0757. The van der Waals surface area contributed by atoms with Crippen LogP contribution >= 0.6 is 22.9 Å². The lowest BCUT2D eigenvalue weighted by atomic mass is 10.2. The number of thiazole rings is 1. The molecule has 7 nitrogen and oxygen atoms in total. The second-order valence-electron chi connectivity index (χ2n) is 3.80. The lowest BCUT2D eigenvalue weighted by Gasteiger charge is -2.04. The van der Waals surface area contributed by atoms with Gasteiger partial charge in [-0.05, 0) is 13.0 Å². The summed E-state index contributed by atoms with van der Waals surface area (Å²) in [4.78, 5) is 29.9. The summed E-state index contributed by atoms with van der Waals surface area (Å²) in [5.74, 6) is -0.591. The number of carbonyl (C=O) groups excluding carboxylic acids is 1. The van der Waals surface area contributed by atoms with E-state index in [1.54, 1.807) is 0 Å². The van der Waals surface area contributed by atoms with Crippen molar-refractivity contribution in [2.75, 3.05) is 0 Å². The predicted molar refractivity (Wildman–Crippen MR) is 73.9 cm³/mol. The molecular weight excluding hydrogens is 304 g/mol. The van der Waals surface area contributed by atoms with Crippen LogP contribution in [0.2, 0.25) is 5.15 Å². The normalized spacial score (nSPS) is 10.3. The SMILES string of the molecule is Cc1nc(CNC(=O)c2ccnc(Cl)c2[N+](=O)[O-])cs1. The molecular formula is C11H9ClN4O3S. The molecule has 0 aliphatic rings. The van der Waals surface area contributed by atoms with Crippen molar-refractivity contribution in [1.29, 1.82) is 0 Å². The zero-order valence-electron chi connectivity index (χ0n) is 10.3. The van der Waals surface area contributed by atoms with E-state index in [2.05, 4.69) is 15.3 Å². The lowest BCUT2D eigenvalue weighted by Crippen LogP contribution is -2.24. The Hall–Kier alpha value is -2.06. The Bertz CT molecular complexity index is 673.